The van der Waals surface area contributed by atoms with E-state index in [1.807, 2.05) is 109 Å². The maximum Gasteiger partial charge on any atom is 0.253 e. The zero-order valence-electron chi connectivity index (χ0n) is 45.3. The van der Waals surface area contributed by atoms with Crippen LogP contribution in [0.1, 0.15) is 104 Å². The van der Waals surface area contributed by atoms with Gasteiger partial charge in [-0.05, 0) is 118 Å². The Hall–Kier alpha value is -6.51. The van der Waals surface area contributed by atoms with E-state index in [2.05, 4.69) is 54.1 Å². The van der Waals surface area contributed by atoms with Gasteiger partial charge in [-0.25, -0.2) is 9.97 Å². The molecule has 0 spiro atoms. The molecule has 0 saturated carbocycles. The van der Waals surface area contributed by atoms with Crippen molar-refractivity contribution in [1.82, 2.24) is 35.8 Å². The minimum atomic E-state index is -0.991. The number of pyridine rings is 2. The summed E-state index contributed by atoms with van der Waals surface area (Å²) < 4.78 is 17.1. The van der Waals surface area contributed by atoms with E-state index in [1.54, 1.807) is 17.5 Å². The number of thiazole rings is 1. The number of carbonyl (C=O) groups excluding carboxylic acids is 4. The summed E-state index contributed by atoms with van der Waals surface area (Å²) in [6, 6.07) is 15.7. The van der Waals surface area contributed by atoms with Crippen LogP contribution in [0.15, 0.2) is 71.1 Å². The van der Waals surface area contributed by atoms with Gasteiger partial charge in [-0.15, -0.1) is 11.3 Å². The summed E-state index contributed by atoms with van der Waals surface area (Å²) in [5.41, 5.74) is 9.88. The highest BCUT2D eigenvalue weighted by Gasteiger charge is 2.45. The number of aromatic amines is 1. The number of aryl methyl sites for hydroxylation is 3. The van der Waals surface area contributed by atoms with Crippen LogP contribution in [0.5, 0.6) is 0 Å². The van der Waals surface area contributed by atoms with Crippen molar-refractivity contribution in [3.63, 3.8) is 0 Å². The van der Waals surface area contributed by atoms with Gasteiger partial charge in [0.1, 0.15) is 24.5 Å². The van der Waals surface area contributed by atoms with Crippen molar-refractivity contribution in [2.24, 2.45) is 5.41 Å². The van der Waals surface area contributed by atoms with Gasteiger partial charge in [-0.2, -0.15) is 0 Å². The molecule has 3 aromatic heterocycles. The van der Waals surface area contributed by atoms with Gasteiger partial charge in [0.05, 0.1) is 48.0 Å². The number of hydrogen-bond acceptors (Lipinski definition) is 14. The zero-order valence-corrected chi connectivity index (χ0v) is 46.2. The van der Waals surface area contributed by atoms with E-state index in [0.717, 1.165) is 74.7 Å². The molecule has 7 rings (SSSR count). The van der Waals surface area contributed by atoms with Crippen molar-refractivity contribution in [2.45, 2.75) is 118 Å². The molecular formula is C57H75N9O9S. The first-order chi connectivity index (χ1) is 36.3. The fourth-order valence-electron chi connectivity index (χ4n) is 9.91. The average Bonchev–Trinajstić information content (AvgIpc) is 4.02. The molecule has 18 nitrogen and oxygen atoms in total. The predicted octanol–water partition coefficient (Wildman–Crippen LogP) is 6.54. The number of benzene rings is 2. The lowest BCUT2D eigenvalue weighted by Gasteiger charge is -2.37. The summed E-state index contributed by atoms with van der Waals surface area (Å²) >= 11 is 1.57. The van der Waals surface area contributed by atoms with E-state index in [9.17, 15) is 29.1 Å². The second-order valence-electron chi connectivity index (χ2n) is 20.8. The summed E-state index contributed by atoms with van der Waals surface area (Å²) in [5, 5.41) is 22.8. The maximum atomic E-state index is 14.1. The number of anilines is 2. The van der Waals surface area contributed by atoms with E-state index in [1.165, 1.54) is 4.90 Å². The molecule has 0 bridgehead atoms. The molecule has 0 radical (unpaired) electrons. The standard InChI is InChI=1S/C57H75N9O9S/c1-10-65(43-17-20-73-21-18-43)47-27-42(26-45(36(47)4)53(69)60-30-46-34(2)25-35(3)62-54(46)70)41-15-16-49(59-29-41)58-19-22-74-23-24-75-32-50(68)64-52(57(7,8)9)56(72)66-31-44(67)28-48(66)55(71)63-37(5)39-11-13-40(14-12-39)51-38(6)61-33-76-51/h11-16,25-27,29,33,37,43-44,48,52,67H,10,17-24,28,30-32H2,1-9H3,(H,58,59)(H,60,69)(H,62,70)(H,63,71)(H,64,68)/t37?,44-,48+,52?/m1/s1. The van der Waals surface area contributed by atoms with Crippen LogP contribution in [0, 0.1) is 33.1 Å². The Labute approximate surface area is 449 Å². The van der Waals surface area contributed by atoms with E-state index in [0.29, 0.717) is 43.3 Å². The third-order valence-corrected chi connectivity index (χ3v) is 15.1. The van der Waals surface area contributed by atoms with Crippen molar-refractivity contribution in [2.75, 3.05) is 69.5 Å². The van der Waals surface area contributed by atoms with Gasteiger partial charge >= 0.3 is 0 Å². The molecule has 2 aliphatic rings. The number of amides is 4. The van der Waals surface area contributed by atoms with Crippen LogP contribution in [0.2, 0.25) is 0 Å². The largest absolute Gasteiger partial charge is 0.391 e. The number of nitrogens with zero attached hydrogens (tertiary/aromatic N) is 4. The highest BCUT2D eigenvalue weighted by molar-refractivity contribution is 7.13. The summed E-state index contributed by atoms with van der Waals surface area (Å²) in [6.45, 7) is 20.1. The quantitative estimate of drug-likeness (QED) is 0.0405. The van der Waals surface area contributed by atoms with Gasteiger partial charge < -0.3 is 55.4 Å². The summed E-state index contributed by atoms with van der Waals surface area (Å²) in [7, 11) is 0. The Morgan fingerprint density at radius 3 is 2.32 bits per heavy atom. The Balaban J connectivity index is 0.874. The molecule has 2 aliphatic heterocycles. The number of rotatable bonds is 22. The van der Waals surface area contributed by atoms with Crippen LogP contribution in [0.3, 0.4) is 0 Å². The van der Waals surface area contributed by atoms with Crippen LogP contribution in [0.4, 0.5) is 11.5 Å². The van der Waals surface area contributed by atoms with Gasteiger partial charge in [0.2, 0.25) is 17.7 Å². The molecule has 4 atom stereocenters. The lowest BCUT2D eigenvalue weighted by molar-refractivity contribution is -0.144. The monoisotopic (exact) mass is 1060 g/mol. The number of aliphatic hydroxyl groups excluding tert-OH is 1. The second-order valence-corrected chi connectivity index (χ2v) is 21.7. The Morgan fingerprint density at radius 2 is 1.66 bits per heavy atom. The first-order valence-electron chi connectivity index (χ1n) is 26.2. The van der Waals surface area contributed by atoms with Crippen molar-refractivity contribution >= 4 is 46.5 Å². The van der Waals surface area contributed by atoms with Crippen molar-refractivity contribution in [3.05, 3.63) is 116 Å². The maximum absolute atomic E-state index is 14.1. The summed E-state index contributed by atoms with van der Waals surface area (Å²) in [4.78, 5) is 84.4. The molecule has 5 heterocycles. The molecule has 408 valence electrons. The third kappa shape index (κ3) is 14.5. The molecule has 19 heteroatoms. The molecular weight excluding hydrogens is 987 g/mol. The number of hydrogen-bond donors (Lipinski definition) is 6. The molecule has 6 N–H and O–H groups in total. The fraction of sp³-hybridized carbons (Fsp3) is 0.491. The van der Waals surface area contributed by atoms with Gasteiger partial charge in [0, 0.05) is 86.1 Å². The van der Waals surface area contributed by atoms with Crippen molar-refractivity contribution in [1.29, 1.82) is 0 Å². The van der Waals surface area contributed by atoms with E-state index >= 15 is 0 Å². The first-order valence-corrected chi connectivity index (χ1v) is 27.1. The van der Waals surface area contributed by atoms with Crippen molar-refractivity contribution in [3.8, 4) is 21.6 Å². The van der Waals surface area contributed by atoms with Gasteiger partial charge in [-0.1, -0.05) is 45.0 Å². The lowest BCUT2D eigenvalue weighted by atomic mass is 9.85. The molecule has 2 unspecified atom stereocenters. The number of aromatic nitrogens is 3. The van der Waals surface area contributed by atoms with Crippen molar-refractivity contribution < 1.29 is 38.5 Å². The number of likely N-dealkylation sites (tertiary alicyclic amines) is 1. The SMILES string of the molecule is CCN(c1cc(-c2ccc(NCCOCCOCC(=O)NC(C(=O)N3C[C@H](O)C[C@H]3C(=O)NC(C)c3ccc(-c4scnc4C)cc3)C(C)(C)C)nc2)cc(C(=O)NCc2c(C)cc(C)[nH]c2=O)c1C)C1CCOCC1. The molecule has 2 fully saturated rings. The molecule has 2 aromatic carbocycles. The minimum Gasteiger partial charge on any atom is -0.391 e. The molecule has 4 amide bonds. The molecule has 76 heavy (non-hydrogen) atoms. The summed E-state index contributed by atoms with van der Waals surface area (Å²) in [6.07, 6.45) is 2.73. The highest BCUT2D eigenvalue weighted by atomic mass is 32.1. The summed E-state index contributed by atoms with van der Waals surface area (Å²) in [5.74, 6) is -0.965. The third-order valence-electron chi connectivity index (χ3n) is 14.1. The van der Waals surface area contributed by atoms with Gasteiger partial charge in [-0.3, -0.25) is 24.0 Å². The van der Waals surface area contributed by atoms with Gasteiger partial charge in [0.15, 0.2) is 0 Å². The number of nitrogens with one attached hydrogen (secondary N) is 5. The topological polar surface area (TPSA) is 229 Å². The van der Waals surface area contributed by atoms with Crippen LogP contribution >= 0.6 is 11.3 Å². The Morgan fingerprint density at radius 1 is 0.934 bits per heavy atom. The number of aliphatic hydroxyl groups is 1. The van der Waals surface area contributed by atoms with Crippen LogP contribution in [0.25, 0.3) is 21.6 Å². The van der Waals surface area contributed by atoms with Gasteiger partial charge in [0.25, 0.3) is 11.5 Å². The fourth-order valence-corrected chi connectivity index (χ4v) is 10.7. The van der Waals surface area contributed by atoms with Crippen LogP contribution in [-0.4, -0.2) is 132 Å². The van der Waals surface area contributed by atoms with E-state index in [4.69, 9.17) is 14.2 Å². The lowest BCUT2D eigenvalue weighted by Crippen LogP contribution is -2.58. The normalized spacial score (nSPS) is 16.7. The van der Waals surface area contributed by atoms with E-state index in [-0.39, 0.29) is 68.8 Å². The van der Waals surface area contributed by atoms with E-state index < -0.39 is 35.4 Å². The number of carbonyl (C=O) groups is 4. The average molecular weight is 1060 g/mol. The Kier molecular flexibility index (Phi) is 19.6. The minimum absolute atomic E-state index is 0.0333. The second kappa shape index (κ2) is 26.0. The smallest absolute Gasteiger partial charge is 0.253 e. The highest BCUT2D eigenvalue weighted by Crippen LogP contribution is 2.35. The predicted molar refractivity (Wildman–Crippen MR) is 295 cm³/mol. The number of β-amino-alcohol motifs (C(OH)–C–C–N with tert-alkyl or cyclic N) is 1. The molecule has 5 aromatic rings. The van der Waals surface area contributed by atoms with Crippen LogP contribution < -0.4 is 31.7 Å². The molecule has 2 saturated heterocycles. The number of H-pyrrole nitrogens is 1. The number of ether oxygens (including phenoxy) is 3. The Bertz CT molecular complexity index is 2860. The molecule has 0 aliphatic carbocycles. The first kappa shape index (κ1) is 57.2. The zero-order chi connectivity index (χ0) is 54.7. The van der Waals surface area contributed by atoms with Crippen LogP contribution in [-0.2, 0) is 35.1 Å².